The van der Waals surface area contributed by atoms with Crippen LogP contribution in [-0.2, 0) is 0 Å². The highest BCUT2D eigenvalue weighted by molar-refractivity contribution is 5.72. The third-order valence-electron chi connectivity index (χ3n) is 3.89. The number of aliphatic hydroxyl groups excluding tert-OH is 1. The second-order valence-electron chi connectivity index (χ2n) is 6.29. The number of nitrogens with one attached hydrogen (secondary N) is 1. The van der Waals surface area contributed by atoms with Gasteiger partial charge in [-0.3, -0.25) is 4.98 Å². The molecule has 0 aliphatic carbocycles. The molecular formula is C15H21NO3. The third kappa shape index (κ3) is 3.07. The van der Waals surface area contributed by atoms with Crippen LogP contribution in [0.4, 0.5) is 0 Å². The Bertz CT molecular complexity index is 618. The van der Waals surface area contributed by atoms with E-state index in [4.69, 9.17) is 4.42 Å². The topological polar surface area (TPSA) is 66.2 Å². The van der Waals surface area contributed by atoms with Crippen molar-refractivity contribution in [2.45, 2.75) is 40.2 Å². The van der Waals surface area contributed by atoms with E-state index in [1.54, 1.807) is 12.1 Å². The quantitative estimate of drug-likeness (QED) is 0.893. The van der Waals surface area contributed by atoms with Crippen LogP contribution in [0.1, 0.15) is 45.8 Å². The van der Waals surface area contributed by atoms with E-state index in [0.29, 0.717) is 23.4 Å². The van der Waals surface area contributed by atoms with Crippen LogP contribution in [0.15, 0.2) is 27.4 Å². The number of fused-ring (bicyclic) bond motifs is 1. The first kappa shape index (κ1) is 13.9. The summed E-state index contributed by atoms with van der Waals surface area (Å²) in [5.41, 5.74) is 2.09. The zero-order valence-electron chi connectivity index (χ0n) is 11.9. The van der Waals surface area contributed by atoms with Crippen molar-refractivity contribution in [1.82, 2.24) is 4.98 Å². The summed E-state index contributed by atoms with van der Waals surface area (Å²) in [5.74, 6) is -0.0823. The highest BCUT2D eigenvalue weighted by Gasteiger charge is 2.23. The second-order valence-corrected chi connectivity index (χ2v) is 6.29. The average molecular weight is 263 g/mol. The highest BCUT2D eigenvalue weighted by atomic mass is 16.4. The predicted molar refractivity (Wildman–Crippen MR) is 75.0 cm³/mol. The fourth-order valence-electron chi connectivity index (χ4n) is 1.99. The van der Waals surface area contributed by atoms with E-state index in [9.17, 15) is 9.90 Å². The molecule has 2 atom stereocenters. The van der Waals surface area contributed by atoms with Gasteiger partial charge in [0.15, 0.2) is 5.58 Å². The molecule has 0 radical (unpaired) electrons. The van der Waals surface area contributed by atoms with Gasteiger partial charge >= 0.3 is 5.76 Å². The lowest BCUT2D eigenvalue weighted by atomic mass is 9.78. The number of hydrogen-bond acceptors (Lipinski definition) is 3. The number of aromatic amines is 1. The molecular weight excluding hydrogens is 242 g/mol. The maximum absolute atomic E-state index is 11.1. The van der Waals surface area contributed by atoms with Crippen molar-refractivity contribution in [1.29, 1.82) is 0 Å². The molecule has 0 saturated carbocycles. The Kier molecular flexibility index (Phi) is 3.54. The minimum absolute atomic E-state index is 0.158. The Morgan fingerprint density at radius 2 is 2.05 bits per heavy atom. The van der Waals surface area contributed by atoms with Gasteiger partial charge in [0.05, 0.1) is 11.6 Å². The van der Waals surface area contributed by atoms with Gasteiger partial charge < -0.3 is 9.52 Å². The van der Waals surface area contributed by atoms with Gasteiger partial charge in [0.2, 0.25) is 0 Å². The van der Waals surface area contributed by atoms with Crippen LogP contribution in [0.5, 0.6) is 0 Å². The Hall–Kier alpha value is -1.55. The summed E-state index contributed by atoms with van der Waals surface area (Å²) in [7, 11) is 0. The van der Waals surface area contributed by atoms with Crippen molar-refractivity contribution in [2.24, 2.45) is 11.3 Å². The number of hydrogen-bond donors (Lipinski definition) is 2. The van der Waals surface area contributed by atoms with Crippen molar-refractivity contribution in [3.63, 3.8) is 0 Å². The maximum Gasteiger partial charge on any atom is 0.417 e. The van der Waals surface area contributed by atoms with Gasteiger partial charge in [-0.15, -0.1) is 0 Å². The van der Waals surface area contributed by atoms with Crippen molar-refractivity contribution >= 4 is 11.1 Å². The number of rotatable bonds is 3. The minimum Gasteiger partial charge on any atom is -0.408 e. The fraction of sp³-hybridized carbons (Fsp3) is 0.533. The molecule has 0 aliphatic heterocycles. The lowest BCUT2D eigenvalue weighted by Gasteiger charge is -2.29. The first-order valence-corrected chi connectivity index (χ1v) is 6.58. The number of oxazole rings is 1. The molecule has 2 aromatic rings. The standard InChI is InChI=1S/C15H21NO3/c1-9(15(2,3)4)7-12(17)10-5-6-11-13(8-10)19-14(18)16-11/h5-6,8-9,12,17H,7H2,1-4H3,(H,16,18). The molecule has 0 bridgehead atoms. The first-order chi connectivity index (χ1) is 8.77. The maximum atomic E-state index is 11.1. The van der Waals surface area contributed by atoms with Gasteiger partial charge in [-0.05, 0) is 35.4 Å². The van der Waals surface area contributed by atoms with Crippen molar-refractivity contribution in [2.75, 3.05) is 0 Å². The SMILES string of the molecule is CC(CC(O)c1ccc2[nH]c(=O)oc2c1)C(C)(C)C. The van der Waals surface area contributed by atoms with Crippen LogP contribution < -0.4 is 5.76 Å². The zero-order valence-corrected chi connectivity index (χ0v) is 11.9. The summed E-state index contributed by atoms with van der Waals surface area (Å²) in [6.07, 6.45) is 0.141. The summed E-state index contributed by atoms with van der Waals surface area (Å²) in [6, 6.07) is 5.32. The van der Waals surface area contributed by atoms with Crippen LogP contribution in [0.25, 0.3) is 11.1 Å². The van der Waals surface area contributed by atoms with Gasteiger partial charge in [-0.2, -0.15) is 0 Å². The Morgan fingerprint density at radius 1 is 1.37 bits per heavy atom. The molecule has 0 spiro atoms. The smallest absolute Gasteiger partial charge is 0.408 e. The highest BCUT2D eigenvalue weighted by Crippen LogP contribution is 2.33. The lowest BCUT2D eigenvalue weighted by molar-refractivity contribution is 0.111. The van der Waals surface area contributed by atoms with Gasteiger partial charge in [-0.1, -0.05) is 33.8 Å². The lowest BCUT2D eigenvalue weighted by Crippen LogP contribution is -2.19. The number of benzene rings is 1. The number of aromatic nitrogens is 1. The van der Waals surface area contributed by atoms with Gasteiger partial charge in [0.25, 0.3) is 0 Å². The summed E-state index contributed by atoms with van der Waals surface area (Å²) in [6.45, 7) is 8.63. The molecule has 0 fully saturated rings. The monoisotopic (exact) mass is 263 g/mol. The molecule has 0 aliphatic rings. The Balaban J connectivity index is 2.21. The van der Waals surface area contributed by atoms with Crippen LogP contribution in [-0.4, -0.2) is 10.1 Å². The molecule has 19 heavy (non-hydrogen) atoms. The fourth-order valence-corrected chi connectivity index (χ4v) is 1.99. The van der Waals surface area contributed by atoms with E-state index in [0.717, 1.165) is 5.56 Å². The van der Waals surface area contributed by atoms with Crippen molar-refractivity contribution in [3.05, 3.63) is 34.3 Å². The Morgan fingerprint density at radius 3 is 2.68 bits per heavy atom. The third-order valence-corrected chi connectivity index (χ3v) is 3.89. The molecule has 4 heteroatoms. The van der Waals surface area contributed by atoms with Gasteiger partial charge in [-0.25, -0.2) is 4.79 Å². The van der Waals surface area contributed by atoms with Crippen LogP contribution in [0.3, 0.4) is 0 Å². The molecule has 0 saturated heterocycles. The van der Waals surface area contributed by atoms with Crippen LogP contribution in [0, 0.1) is 11.3 Å². The normalized spacial score (nSPS) is 15.6. The van der Waals surface area contributed by atoms with E-state index in [1.807, 2.05) is 6.07 Å². The predicted octanol–water partition coefficient (Wildman–Crippen LogP) is 3.23. The Labute approximate surface area is 112 Å². The van der Waals surface area contributed by atoms with Gasteiger partial charge in [0.1, 0.15) is 0 Å². The van der Waals surface area contributed by atoms with Gasteiger partial charge in [0, 0.05) is 0 Å². The van der Waals surface area contributed by atoms with E-state index in [2.05, 4.69) is 32.7 Å². The van der Waals surface area contributed by atoms with Crippen molar-refractivity contribution in [3.8, 4) is 0 Å². The first-order valence-electron chi connectivity index (χ1n) is 6.58. The summed E-state index contributed by atoms with van der Waals surface area (Å²) in [4.78, 5) is 13.7. The largest absolute Gasteiger partial charge is 0.417 e. The molecule has 104 valence electrons. The summed E-state index contributed by atoms with van der Waals surface area (Å²) < 4.78 is 5.01. The van der Waals surface area contributed by atoms with Crippen molar-refractivity contribution < 1.29 is 9.52 Å². The molecule has 2 unspecified atom stereocenters. The molecule has 1 aromatic heterocycles. The number of aliphatic hydroxyl groups is 1. The molecule has 2 rings (SSSR count). The average Bonchev–Trinajstić information content (AvgIpc) is 2.66. The summed E-state index contributed by atoms with van der Waals surface area (Å²) >= 11 is 0. The zero-order chi connectivity index (χ0) is 14.2. The van der Waals surface area contributed by atoms with Crippen LogP contribution in [0.2, 0.25) is 0 Å². The molecule has 1 aromatic carbocycles. The van der Waals surface area contributed by atoms with Crippen LogP contribution >= 0.6 is 0 Å². The van der Waals surface area contributed by atoms with E-state index in [1.165, 1.54) is 0 Å². The summed E-state index contributed by atoms with van der Waals surface area (Å²) in [5, 5.41) is 10.3. The number of H-pyrrole nitrogens is 1. The van der Waals surface area contributed by atoms with E-state index < -0.39 is 11.9 Å². The second kappa shape index (κ2) is 4.85. The molecule has 1 heterocycles. The molecule has 2 N–H and O–H groups in total. The minimum atomic E-state index is -0.543. The van der Waals surface area contributed by atoms with E-state index >= 15 is 0 Å². The molecule has 4 nitrogen and oxygen atoms in total. The molecule has 0 amide bonds. The van der Waals surface area contributed by atoms with E-state index in [-0.39, 0.29) is 5.41 Å².